The van der Waals surface area contributed by atoms with Crippen molar-refractivity contribution in [2.75, 3.05) is 13.6 Å². The summed E-state index contributed by atoms with van der Waals surface area (Å²) in [6.07, 6.45) is 1.02. The number of aryl methyl sites for hydroxylation is 1. The lowest BCUT2D eigenvalue weighted by Crippen LogP contribution is -2.16. The fourth-order valence-corrected chi connectivity index (χ4v) is 3.51. The quantitative estimate of drug-likeness (QED) is 0.696. The minimum absolute atomic E-state index is 0.0695. The van der Waals surface area contributed by atoms with Crippen molar-refractivity contribution in [3.63, 3.8) is 0 Å². The number of benzene rings is 2. The molecule has 0 saturated carbocycles. The van der Waals surface area contributed by atoms with Crippen LogP contribution in [-0.2, 0) is 0 Å². The van der Waals surface area contributed by atoms with Crippen LogP contribution in [0.3, 0.4) is 0 Å². The van der Waals surface area contributed by atoms with Gasteiger partial charge in [-0.25, -0.2) is 0 Å². The summed E-state index contributed by atoms with van der Waals surface area (Å²) < 4.78 is 7.63. The molecule has 0 unspecified atom stereocenters. The fourth-order valence-electron chi connectivity index (χ4n) is 2.65. The molecule has 0 saturated heterocycles. The van der Waals surface area contributed by atoms with Gasteiger partial charge in [0, 0.05) is 6.42 Å². The summed E-state index contributed by atoms with van der Waals surface area (Å²) in [5, 5.41) is 6.59. The maximum Gasteiger partial charge on any atom is 0.138 e. The zero-order chi connectivity index (χ0) is 15.4. The van der Waals surface area contributed by atoms with Crippen molar-refractivity contribution in [1.82, 2.24) is 5.32 Å². The molecule has 0 bridgehead atoms. The molecule has 3 aromatic rings. The van der Waals surface area contributed by atoms with Crippen LogP contribution in [0.5, 0.6) is 5.75 Å². The minimum Gasteiger partial charge on any atom is -0.484 e. The highest BCUT2D eigenvalue weighted by Crippen LogP contribution is 2.34. The summed E-state index contributed by atoms with van der Waals surface area (Å²) in [7, 11) is 1.98. The van der Waals surface area contributed by atoms with Crippen molar-refractivity contribution in [3.8, 4) is 5.75 Å². The Hall–Kier alpha value is -1.84. The van der Waals surface area contributed by atoms with Gasteiger partial charge in [0.15, 0.2) is 0 Å². The zero-order valence-corrected chi connectivity index (χ0v) is 13.8. The van der Waals surface area contributed by atoms with Crippen LogP contribution in [0.4, 0.5) is 0 Å². The maximum absolute atomic E-state index is 6.40. The van der Waals surface area contributed by atoms with Crippen LogP contribution >= 0.6 is 11.3 Å². The Balaban J connectivity index is 1.91. The molecule has 1 heterocycles. The van der Waals surface area contributed by atoms with Crippen molar-refractivity contribution < 1.29 is 4.74 Å². The molecule has 114 valence electrons. The Labute approximate surface area is 135 Å². The molecule has 1 N–H and O–H groups in total. The highest BCUT2D eigenvalue weighted by Gasteiger charge is 2.15. The van der Waals surface area contributed by atoms with Gasteiger partial charge in [0.1, 0.15) is 11.9 Å². The van der Waals surface area contributed by atoms with Crippen LogP contribution in [0, 0.1) is 6.92 Å². The number of nitrogens with one attached hydrogen (secondary N) is 1. The molecule has 22 heavy (non-hydrogen) atoms. The molecule has 3 rings (SSSR count). The Morgan fingerprint density at radius 2 is 2.00 bits per heavy atom. The van der Waals surface area contributed by atoms with Gasteiger partial charge in [0.25, 0.3) is 0 Å². The van der Waals surface area contributed by atoms with Gasteiger partial charge in [-0.15, -0.1) is 11.3 Å². The molecule has 3 heteroatoms. The summed E-state index contributed by atoms with van der Waals surface area (Å²) >= 11 is 1.74. The third-order valence-electron chi connectivity index (χ3n) is 3.78. The van der Waals surface area contributed by atoms with Gasteiger partial charge in [0.2, 0.25) is 0 Å². The van der Waals surface area contributed by atoms with E-state index in [9.17, 15) is 0 Å². The van der Waals surface area contributed by atoms with Gasteiger partial charge < -0.3 is 10.1 Å². The van der Waals surface area contributed by atoms with Gasteiger partial charge in [0.05, 0.1) is 4.70 Å². The van der Waals surface area contributed by atoms with Crippen molar-refractivity contribution in [3.05, 3.63) is 65.0 Å². The number of hydrogen-bond donors (Lipinski definition) is 1. The van der Waals surface area contributed by atoms with E-state index in [1.165, 1.54) is 21.2 Å². The minimum atomic E-state index is 0.0695. The van der Waals surface area contributed by atoms with Crippen molar-refractivity contribution >= 4 is 21.4 Å². The Morgan fingerprint density at radius 1 is 1.14 bits per heavy atom. The fraction of sp³-hybridized carbons (Fsp3) is 0.263. The molecule has 0 aliphatic rings. The summed E-state index contributed by atoms with van der Waals surface area (Å²) in [6, 6.07) is 17.0. The first-order valence-corrected chi connectivity index (χ1v) is 8.50. The summed E-state index contributed by atoms with van der Waals surface area (Å²) in [5.74, 6) is 0.982. The van der Waals surface area contributed by atoms with E-state index in [4.69, 9.17) is 4.74 Å². The first kappa shape index (κ1) is 15.1. The molecule has 2 aromatic carbocycles. The maximum atomic E-state index is 6.40. The predicted octanol–water partition coefficient (Wildman–Crippen LogP) is 4.94. The van der Waals surface area contributed by atoms with E-state index in [1.54, 1.807) is 11.3 Å². The number of hydrogen-bond acceptors (Lipinski definition) is 3. The van der Waals surface area contributed by atoms with Crippen LogP contribution in [0.15, 0.2) is 53.9 Å². The average Bonchev–Trinajstić information content (AvgIpc) is 3.00. The lowest BCUT2D eigenvalue weighted by molar-refractivity contribution is 0.198. The van der Waals surface area contributed by atoms with E-state index in [1.807, 2.05) is 7.05 Å². The van der Waals surface area contributed by atoms with Crippen molar-refractivity contribution in [1.29, 1.82) is 0 Å². The molecule has 0 amide bonds. The number of thiophene rings is 1. The molecule has 0 spiro atoms. The van der Waals surface area contributed by atoms with Gasteiger partial charge in [-0.05, 0) is 49.0 Å². The lowest BCUT2D eigenvalue weighted by atomic mass is 10.0. The number of ether oxygens (including phenoxy) is 1. The van der Waals surface area contributed by atoms with Crippen LogP contribution in [0.25, 0.3) is 10.1 Å². The number of rotatable bonds is 6. The molecule has 2 nitrogen and oxygen atoms in total. The molecule has 0 radical (unpaired) electrons. The molecular formula is C19H21NOS. The van der Waals surface area contributed by atoms with E-state index in [0.717, 1.165) is 18.7 Å². The monoisotopic (exact) mass is 311 g/mol. The summed E-state index contributed by atoms with van der Waals surface area (Å²) in [6.45, 7) is 3.05. The van der Waals surface area contributed by atoms with Crippen LogP contribution in [0.2, 0.25) is 0 Å². The first-order chi connectivity index (χ1) is 10.8. The summed E-state index contributed by atoms with van der Waals surface area (Å²) in [5.41, 5.74) is 2.51. The van der Waals surface area contributed by atoms with Crippen LogP contribution in [0.1, 0.15) is 23.7 Å². The Morgan fingerprint density at radius 3 is 2.82 bits per heavy atom. The highest BCUT2D eigenvalue weighted by molar-refractivity contribution is 7.17. The predicted molar refractivity (Wildman–Crippen MR) is 94.9 cm³/mol. The second-order valence-electron chi connectivity index (χ2n) is 5.51. The van der Waals surface area contributed by atoms with E-state index < -0.39 is 0 Å². The van der Waals surface area contributed by atoms with E-state index >= 15 is 0 Å². The smallest absolute Gasteiger partial charge is 0.138 e. The third-order valence-corrected chi connectivity index (χ3v) is 4.73. The largest absolute Gasteiger partial charge is 0.484 e. The second kappa shape index (κ2) is 6.95. The molecule has 0 fully saturated rings. The molecule has 0 aliphatic carbocycles. The van der Waals surface area contributed by atoms with Crippen LogP contribution < -0.4 is 10.1 Å². The number of fused-ring (bicyclic) bond motifs is 1. The van der Waals surface area contributed by atoms with E-state index in [-0.39, 0.29) is 6.10 Å². The van der Waals surface area contributed by atoms with E-state index in [0.29, 0.717) is 0 Å². The topological polar surface area (TPSA) is 21.3 Å². The SMILES string of the molecule is CNCC[C@@H](Oc1cccc2ccsc12)c1cccc(C)c1. The van der Waals surface area contributed by atoms with Crippen molar-refractivity contribution in [2.45, 2.75) is 19.4 Å². The van der Waals surface area contributed by atoms with Crippen LogP contribution in [-0.4, -0.2) is 13.6 Å². The highest BCUT2D eigenvalue weighted by atomic mass is 32.1. The average molecular weight is 311 g/mol. The van der Waals surface area contributed by atoms with Gasteiger partial charge in [-0.3, -0.25) is 0 Å². The third kappa shape index (κ3) is 3.32. The van der Waals surface area contributed by atoms with Crippen molar-refractivity contribution in [2.24, 2.45) is 0 Å². The summed E-state index contributed by atoms with van der Waals surface area (Å²) in [4.78, 5) is 0. The zero-order valence-electron chi connectivity index (χ0n) is 13.0. The standard InChI is InChI=1S/C19H21NOS/c1-14-5-3-7-16(13-14)17(9-11-20-2)21-18-8-4-6-15-10-12-22-19(15)18/h3-8,10,12-13,17,20H,9,11H2,1-2H3/t17-/m1/s1. The molecule has 1 atom stereocenters. The van der Waals surface area contributed by atoms with Gasteiger partial charge in [-0.2, -0.15) is 0 Å². The Kier molecular flexibility index (Phi) is 4.76. The Bertz CT molecular complexity index is 750. The molecular weight excluding hydrogens is 290 g/mol. The molecule has 0 aliphatic heterocycles. The second-order valence-corrected chi connectivity index (χ2v) is 6.42. The normalized spacial score (nSPS) is 12.5. The molecule has 1 aromatic heterocycles. The van der Waals surface area contributed by atoms with Gasteiger partial charge in [-0.1, -0.05) is 42.0 Å². The van der Waals surface area contributed by atoms with Gasteiger partial charge >= 0.3 is 0 Å². The van der Waals surface area contributed by atoms with E-state index in [2.05, 4.69) is 66.2 Å². The first-order valence-electron chi connectivity index (χ1n) is 7.62. The lowest BCUT2D eigenvalue weighted by Gasteiger charge is -2.20.